The number of primary amides is 1. The van der Waals surface area contributed by atoms with Crippen LogP contribution in [0.4, 0.5) is 0 Å². The van der Waals surface area contributed by atoms with Crippen LogP contribution in [0.2, 0.25) is 0 Å². The first-order chi connectivity index (χ1) is 12.1. The van der Waals surface area contributed by atoms with Crippen molar-refractivity contribution >= 4 is 17.1 Å². The van der Waals surface area contributed by atoms with Crippen molar-refractivity contribution in [2.75, 3.05) is 0 Å². The normalized spacial score (nSPS) is 10.9. The lowest BCUT2D eigenvalue weighted by molar-refractivity contribution is 0.0997. The number of rotatable bonds is 3. The topological polar surface area (TPSA) is 107 Å². The van der Waals surface area contributed by atoms with Gasteiger partial charge < -0.3 is 10.8 Å². The molecule has 0 fully saturated rings. The van der Waals surface area contributed by atoms with Gasteiger partial charge in [0.1, 0.15) is 17.6 Å². The summed E-state index contributed by atoms with van der Waals surface area (Å²) in [6.07, 6.45) is 1.59. The van der Waals surface area contributed by atoms with Crippen molar-refractivity contribution in [2.24, 2.45) is 5.73 Å². The molecule has 0 unspecified atom stereocenters. The number of para-hydroxylation sites is 1. The predicted molar refractivity (Wildman–Crippen MR) is 92.3 cm³/mol. The van der Waals surface area contributed by atoms with E-state index in [0.29, 0.717) is 22.6 Å². The number of imidazole rings is 1. The fraction of sp³-hybridized carbons (Fsp3) is 0. The van der Waals surface area contributed by atoms with E-state index in [1.54, 1.807) is 23.0 Å². The lowest BCUT2D eigenvalue weighted by atomic mass is 10.2. The molecule has 0 atom stereocenters. The van der Waals surface area contributed by atoms with E-state index in [-0.39, 0.29) is 11.4 Å². The molecule has 2 heterocycles. The van der Waals surface area contributed by atoms with Gasteiger partial charge in [-0.25, -0.2) is 15.0 Å². The summed E-state index contributed by atoms with van der Waals surface area (Å²) in [6.45, 7) is 0. The third-order valence-electron chi connectivity index (χ3n) is 3.79. The Balaban J connectivity index is 1.99. The number of carbonyl (C=O) groups excluding carboxylic acids is 1. The Morgan fingerprint density at radius 1 is 1.00 bits per heavy atom. The van der Waals surface area contributed by atoms with E-state index in [0.717, 1.165) is 5.69 Å². The SMILES string of the molecule is NC(=O)c1nc(-c2ccc(O)cc2)nc2c1ncn2-c1ccccc1. The highest BCUT2D eigenvalue weighted by molar-refractivity contribution is 6.02. The largest absolute Gasteiger partial charge is 0.508 e. The van der Waals surface area contributed by atoms with Crippen LogP contribution in [0.3, 0.4) is 0 Å². The molecule has 4 aromatic rings. The first-order valence-electron chi connectivity index (χ1n) is 7.53. The van der Waals surface area contributed by atoms with Gasteiger partial charge in [0.05, 0.1) is 0 Å². The Hall–Kier alpha value is -3.74. The van der Waals surface area contributed by atoms with Gasteiger partial charge in [-0.2, -0.15) is 0 Å². The minimum atomic E-state index is -0.675. The van der Waals surface area contributed by atoms with Crippen molar-refractivity contribution in [1.82, 2.24) is 19.5 Å². The van der Waals surface area contributed by atoms with Gasteiger partial charge in [0, 0.05) is 11.3 Å². The monoisotopic (exact) mass is 331 g/mol. The molecular weight excluding hydrogens is 318 g/mol. The molecule has 122 valence electrons. The lowest BCUT2D eigenvalue weighted by Crippen LogP contribution is -2.15. The van der Waals surface area contributed by atoms with Crippen molar-refractivity contribution in [3.05, 3.63) is 66.6 Å². The smallest absolute Gasteiger partial charge is 0.269 e. The minimum absolute atomic E-state index is 0.0581. The van der Waals surface area contributed by atoms with E-state index in [2.05, 4.69) is 15.0 Å². The van der Waals surface area contributed by atoms with Crippen molar-refractivity contribution < 1.29 is 9.90 Å². The molecule has 2 aromatic heterocycles. The molecular formula is C18H13N5O2. The average Bonchev–Trinajstić information content (AvgIpc) is 3.06. The highest BCUT2D eigenvalue weighted by Gasteiger charge is 2.18. The molecule has 0 spiro atoms. The second-order valence-electron chi connectivity index (χ2n) is 5.43. The van der Waals surface area contributed by atoms with Gasteiger partial charge in [-0.15, -0.1) is 0 Å². The Bertz CT molecular complexity index is 1070. The molecule has 4 rings (SSSR count). The maximum atomic E-state index is 11.8. The number of aromatic hydroxyl groups is 1. The zero-order valence-electron chi connectivity index (χ0n) is 13.0. The standard InChI is InChI=1S/C18H13N5O2/c19-16(25)14-15-18(23(10-20-15)12-4-2-1-3-5-12)22-17(21-14)11-6-8-13(24)9-7-11/h1-10,24H,(H2,19,25). The number of phenols is 1. The molecule has 7 heteroatoms. The second kappa shape index (κ2) is 5.72. The van der Waals surface area contributed by atoms with Crippen molar-refractivity contribution in [1.29, 1.82) is 0 Å². The summed E-state index contributed by atoms with van der Waals surface area (Å²) in [5, 5.41) is 9.45. The van der Waals surface area contributed by atoms with Crippen LogP contribution in [-0.4, -0.2) is 30.5 Å². The van der Waals surface area contributed by atoms with Crippen molar-refractivity contribution in [3.8, 4) is 22.8 Å². The number of aromatic nitrogens is 4. The molecule has 25 heavy (non-hydrogen) atoms. The molecule has 0 aliphatic rings. The van der Waals surface area contributed by atoms with E-state index in [9.17, 15) is 9.90 Å². The maximum absolute atomic E-state index is 11.8. The number of carbonyl (C=O) groups is 1. The molecule has 0 saturated heterocycles. The third-order valence-corrected chi connectivity index (χ3v) is 3.79. The van der Waals surface area contributed by atoms with Crippen LogP contribution in [0.15, 0.2) is 60.9 Å². The number of hydrogen-bond acceptors (Lipinski definition) is 5. The average molecular weight is 331 g/mol. The van der Waals surface area contributed by atoms with Crippen LogP contribution in [0.1, 0.15) is 10.5 Å². The van der Waals surface area contributed by atoms with E-state index >= 15 is 0 Å². The Labute approximate surface area is 142 Å². The second-order valence-corrected chi connectivity index (χ2v) is 5.43. The van der Waals surface area contributed by atoms with Crippen molar-refractivity contribution in [3.63, 3.8) is 0 Å². The number of phenolic OH excluding ortho intramolecular Hbond substituents is 1. The van der Waals surface area contributed by atoms with Crippen LogP contribution in [0.5, 0.6) is 5.75 Å². The molecule has 0 aliphatic heterocycles. The summed E-state index contributed by atoms with van der Waals surface area (Å²) in [6, 6.07) is 15.9. The summed E-state index contributed by atoms with van der Waals surface area (Å²) in [5.74, 6) is -0.209. The summed E-state index contributed by atoms with van der Waals surface area (Å²) < 4.78 is 1.77. The fourth-order valence-corrected chi connectivity index (χ4v) is 2.59. The van der Waals surface area contributed by atoms with Crippen LogP contribution >= 0.6 is 0 Å². The van der Waals surface area contributed by atoms with Crippen LogP contribution < -0.4 is 5.73 Å². The highest BCUT2D eigenvalue weighted by atomic mass is 16.3. The van der Waals surface area contributed by atoms with Crippen molar-refractivity contribution in [2.45, 2.75) is 0 Å². The van der Waals surface area contributed by atoms with Gasteiger partial charge in [-0.05, 0) is 36.4 Å². The van der Waals surface area contributed by atoms with E-state index in [4.69, 9.17) is 5.73 Å². The van der Waals surface area contributed by atoms with Gasteiger partial charge in [0.15, 0.2) is 17.2 Å². The molecule has 7 nitrogen and oxygen atoms in total. The van der Waals surface area contributed by atoms with Gasteiger partial charge in [-0.1, -0.05) is 18.2 Å². The van der Waals surface area contributed by atoms with Crippen LogP contribution in [-0.2, 0) is 0 Å². The summed E-state index contributed by atoms with van der Waals surface area (Å²) >= 11 is 0. The molecule has 1 amide bonds. The molecule has 3 N–H and O–H groups in total. The quantitative estimate of drug-likeness (QED) is 0.599. The summed E-state index contributed by atoms with van der Waals surface area (Å²) in [5.41, 5.74) is 7.88. The third kappa shape index (κ3) is 2.57. The number of hydrogen-bond donors (Lipinski definition) is 2. The maximum Gasteiger partial charge on any atom is 0.269 e. The molecule has 0 bridgehead atoms. The number of amides is 1. The van der Waals surface area contributed by atoms with Crippen LogP contribution in [0, 0.1) is 0 Å². The number of nitrogens with two attached hydrogens (primary N) is 1. The molecule has 0 aliphatic carbocycles. The Kier molecular flexibility index (Phi) is 3.39. The van der Waals surface area contributed by atoms with E-state index in [1.165, 1.54) is 12.1 Å². The van der Waals surface area contributed by atoms with Gasteiger partial charge in [0.25, 0.3) is 5.91 Å². The Morgan fingerprint density at radius 2 is 1.72 bits per heavy atom. The first kappa shape index (κ1) is 14.8. The summed E-state index contributed by atoms with van der Waals surface area (Å²) in [4.78, 5) is 24.9. The number of fused-ring (bicyclic) bond motifs is 1. The van der Waals surface area contributed by atoms with E-state index < -0.39 is 5.91 Å². The fourth-order valence-electron chi connectivity index (χ4n) is 2.59. The van der Waals surface area contributed by atoms with Gasteiger partial charge >= 0.3 is 0 Å². The van der Waals surface area contributed by atoms with Gasteiger partial charge in [0.2, 0.25) is 0 Å². The predicted octanol–water partition coefficient (Wildman–Crippen LogP) is 2.29. The zero-order valence-corrected chi connectivity index (χ0v) is 13.0. The molecule has 2 aromatic carbocycles. The minimum Gasteiger partial charge on any atom is -0.508 e. The number of benzene rings is 2. The Morgan fingerprint density at radius 3 is 2.40 bits per heavy atom. The first-order valence-corrected chi connectivity index (χ1v) is 7.53. The zero-order chi connectivity index (χ0) is 17.4. The summed E-state index contributed by atoms with van der Waals surface area (Å²) in [7, 11) is 0. The van der Waals surface area contributed by atoms with E-state index in [1.807, 2.05) is 30.3 Å². The lowest BCUT2D eigenvalue weighted by Gasteiger charge is -2.07. The molecule has 0 saturated carbocycles. The highest BCUT2D eigenvalue weighted by Crippen LogP contribution is 2.24. The van der Waals surface area contributed by atoms with Crippen LogP contribution in [0.25, 0.3) is 28.2 Å². The van der Waals surface area contributed by atoms with Gasteiger partial charge in [-0.3, -0.25) is 9.36 Å². The number of nitrogens with zero attached hydrogens (tertiary/aromatic N) is 4. The molecule has 0 radical (unpaired) electrons.